The van der Waals surface area contributed by atoms with Crippen molar-refractivity contribution in [2.45, 2.75) is 6.18 Å². The number of hydrogen-bond acceptors (Lipinski definition) is 5. The highest BCUT2D eigenvalue weighted by Gasteiger charge is 2.37. The van der Waals surface area contributed by atoms with E-state index in [2.05, 4.69) is 10.5 Å². The number of hydrogen-bond donors (Lipinski definition) is 1. The number of nitrogens with one attached hydrogen (secondary N) is 1. The minimum absolute atomic E-state index is 0.119. The summed E-state index contributed by atoms with van der Waals surface area (Å²) in [4.78, 5) is 11.5. The highest BCUT2D eigenvalue weighted by Crippen LogP contribution is 2.42. The number of nitrogens with zero attached hydrogens (tertiary/aromatic N) is 2. The van der Waals surface area contributed by atoms with E-state index in [-0.39, 0.29) is 21.8 Å². The first-order valence-electron chi connectivity index (χ1n) is 8.10. The number of nitriles is 1. The number of hydrazone groups is 1. The number of Topliss-reactive ketones (excluding diaryl/α,β-unsaturated/α-hetero) is 1. The van der Waals surface area contributed by atoms with Crippen LogP contribution in [0.25, 0.3) is 11.1 Å². The summed E-state index contributed by atoms with van der Waals surface area (Å²) in [5, 5.41) is 13.4. The normalized spacial score (nSPS) is 11.8. The van der Waals surface area contributed by atoms with Crippen molar-refractivity contribution in [1.29, 1.82) is 5.26 Å². The molecule has 0 radical (unpaired) electrons. The van der Waals surface area contributed by atoms with Crippen molar-refractivity contribution in [2.75, 3.05) is 5.43 Å². The van der Waals surface area contributed by atoms with Crippen LogP contribution in [0.15, 0.2) is 65.8 Å². The van der Waals surface area contributed by atoms with Crippen molar-refractivity contribution in [2.24, 2.45) is 5.10 Å². The van der Waals surface area contributed by atoms with Gasteiger partial charge in [0.2, 0.25) is 11.5 Å². The number of benzene rings is 2. The fourth-order valence-corrected chi connectivity index (χ4v) is 3.65. The van der Waals surface area contributed by atoms with Gasteiger partial charge in [-0.3, -0.25) is 10.2 Å². The molecule has 1 heterocycles. The van der Waals surface area contributed by atoms with Gasteiger partial charge in [-0.15, -0.1) is 11.3 Å². The molecule has 2 aromatic carbocycles. The zero-order chi connectivity index (χ0) is 21.0. The van der Waals surface area contributed by atoms with E-state index < -0.39 is 22.5 Å². The minimum atomic E-state index is -4.64. The fraction of sp³-hybridized carbons (Fsp3) is 0.0500. The summed E-state index contributed by atoms with van der Waals surface area (Å²) in [5.41, 5.74) is 2.57. The van der Waals surface area contributed by atoms with E-state index in [0.717, 1.165) is 6.07 Å². The molecule has 4 nitrogen and oxygen atoms in total. The maximum absolute atomic E-state index is 13.5. The number of alkyl halides is 3. The van der Waals surface area contributed by atoms with Crippen molar-refractivity contribution in [1.82, 2.24) is 0 Å². The number of ketones is 1. The van der Waals surface area contributed by atoms with Crippen LogP contribution in [0.5, 0.6) is 0 Å². The Labute approximate surface area is 172 Å². The van der Waals surface area contributed by atoms with Gasteiger partial charge in [-0.25, -0.2) is 0 Å². The highest BCUT2D eigenvalue weighted by atomic mass is 35.5. The van der Waals surface area contributed by atoms with Gasteiger partial charge in [0, 0.05) is 10.6 Å². The number of rotatable bonds is 5. The molecule has 0 spiro atoms. The van der Waals surface area contributed by atoms with Crippen LogP contribution >= 0.6 is 22.9 Å². The molecule has 0 fully saturated rings. The Bertz CT molecular complexity index is 1120. The first kappa shape index (κ1) is 20.6. The smallest absolute Gasteiger partial charge is 0.285 e. The van der Waals surface area contributed by atoms with E-state index >= 15 is 0 Å². The quantitative estimate of drug-likeness (QED) is 0.293. The van der Waals surface area contributed by atoms with Crippen LogP contribution in [-0.4, -0.2) is 11.5 Å². The molecule has 0 aliphatic rings. The van der Waals surface area contributed by atoms with Crippen molar-refractivity contribution >= 4 is 40.1 Å². The van der Waals surface area contributed by atoms with Crippen LogP contribution in [0.1, 0.15) is 14.5 Å². The van der Waals surface area contributed by atoms with Gasteiger partial charge in [-0.05, 0) is 29.8 Å². The highest BCUT2D eigenvalue weighted by molar-refractivity contribution is 7.15. The Morgan fingerprint density at radius 3 is 2.45 bits per heavy atom. The summed E-state index contributed by atoms with van der Waals surface area (Å²) >= 11 is 6.13. The summed E-state index contributed by atoms with van der Waals surface area (Å²) in [5.74, 6) is -0.903. The van der Waals surface area contributed by atoms with E-state index in [1.54, 1.807) is 42.5 Å². The third-order valence-electron chi connectivity index (χ3n) is 3.74. The van der Waals surface area contributed by atoms with Gasteiger partial charge in [0.15, 0.2) is 0 Å². The van der Waals surface area contributed by atoms with Gasteiger partial charge >= 0.3 is 6.18 Å². The molecule has 3 rings (SSSR count). The molecule has 1 N–H and O–H groups in total. The molecule has 0 atom stereocenters. The Balaban J connectivity index is 1.96. The molecular formula is C20H11ClF3N3OS. The molecule has 0 aliphatic carbocycles. The van der Waals surface area contributed by atoms with Gasteiger partial charge < -0.3 is 0 Å². The van der Waals surface area contributed by atoms with E-state index in [0.29, 0.717) is 16.3 Å². The molecule has 1 aromatic heterocycles. The third-order valence-corrected chi connectivity index (χ3v) is 5.15. The molecule has 0 saturated carbocycles. The molecule has 3 aromatic rings. The van der Waals surface area contributed by atoms with E-state index in [1.807, 2.05) is 0 Å². The average molecular weight is 434 g/mol. The molecule has 0 saturated heterocycles. The van der Waals surface area contributed by atoms with Crippen LogP contribution < -0.4 is 5.43 Å². The first-order chi connectivity index (χ1) is 13.8. The first-order valence-corrected chi connectivity index (χ1v) is 9.29. The monoisotopic (exact) mass is 433 g/mol. The largest absolute Gasteiger partial charge is 0.426 e. The number of carbonyl (C=O) groups is 1. The van der Waals surface area contributed by atoms with Crippen LogP contribution in [0.2, 0.25) is 5.02 Å². The lowest BCUT2D eigenvalue weighted by Crippen LogP contribution is -2.13. The van der Waals surface area contributed by atoms with Crippen molar-refractivity contribution in [3.63, 3.8) is 0 Å². The molecule has 0 aliphatic heterocycles. The second-order valence-electron chi connectivity index (χ2n) is 5.74. The average Bonchev–Trinajstić information content (AvgIpc) is 3.15. The number of halogens is 4. The van der Waals surface area contributed by atoms with Crippen molar-refractivity contribution in [3.8, 4) is 17.2 Å². The second-order valence-corrected chi connectivity index (χ2v) is 7.23. The summed E-state index contributed by atoms with van der Waals surface area (Å²) in [6, 6.07) is 17.1. The zero-order valence-electron chi connectivity index (χ0n) is 14.5. The topological polar surface area (TPSA) is 65.2 Å². The molecule has 9 heteroatoms. The zero-order valence-corrected chi connectivity index (χ0v) is 16.1. The molecule has 29 heavy (non-hydrogen) atoms. The summed E-state index contributed by atoms with van der Waals surface area (Å²) in [6.45, 7) is 0. The van der Waals surface area contributed by atoms with Crippen molar-refractivity contribution in [3.05, 3.63) is 75.4 Å². The van der Waals surface area contributed by atoms with Gasteiger partial charge in [-0.2, -0.15) is 23.5 Å². The standard InChI is InChI=1S/C20H11ClF3N3OS/c21-13-7-4-8-14(9-13)26-27-16(11-25)18(28)17-10-15(12-5-2-1-3-6-12)19(29-17)20(22,23)24/h1-10,26H. The maximum Gasteiger partial charge on any atom is 0.426 e. The Morgan fingerprint density at radius 2 is 1.83 bits per heavy atom. The third kappa shape index (κ3) is 4.83. The molecule has 0 amide bonds. The summed E-state index contributed by atoms with van der Waals surface area (Å²) < 4.78 is 40.4. The summed E-state index contributed by atoms with van der Waals surface area (Å²) in [6.07, 6.45) is -4.64. The molecule has 0 unspecified atom stereocenters. The van der Waals surface area contributed by atoms with Gasteiger partial charge in [0.25, 0.3) is 0 Å². The minimum Gasteiger partial charge on any atom is -0.285 e. The lowest BCUT2D eigenvalue weighted by molar-refractivity contribution is -0.133. The Morgan fingerprint density at radius 1 is 1.10 bits per heavy atom. The SMILES string of the molecule is N#CC(=NNc1cccc(Cl)c1)C(=O)c1cc(-c2ccccc2)c(C(F)(F)F)s1. The predicted octanol–water partition coefficient (Wildman–Crippen LogP) is 6.26. The Kier molecular flexibility index (Phi) is 6.01. The van der Waals surface area contributed by atoms with Gasteiger partial charge in [-0.1, -0.05) is 48.0 Å². The lowest BCUT2D eigenvalue weighted by Gasteiger charge is -2.07. The van der Waals surface area contributed by atoms with Crippen LogP contribution in [-0.2, 0) is 6.18 Å². The molecule has 146 valence electrons. The fourth-order valence-electron chi connectivity index (χ4n) is 2.47. The number of carbonyl (C=O) groups excluding carboxylic acids is 1. The molecular weight excluding hydrogens is 423 g/mol. The number of anilines is 1. The van der Waals surface area contributed by atoms with Crippen molar-refractivity contribution < 1.29 is 18.0 Å². The van der Waals surface area contributed by atoms with Gasteiger partial charge in [0.05, 0.1) is 10.6 Å². The second kappa shape index (κ2) is 8.47. The number of thiophene rings is 1. The van der Waals surface area contributed by atoms with Crippen LogP contribution in [0, 0.1) is 11.3 Å². The maximum atomic E-state index is 13.5. The van der Waals surface area contributed by atoms with Gasteiger partial charge in [0.1, 0.15) is 10.9 Å². The van der Waals surface area contributed by atoms with E-state index in [9.17, 15) is 23.2 Å². The lowest BCUT2D eigenvalue weighted by atomic mass is 10.1. The molecule has 0 bridgehead atoms. The summed E-state index contributed by atoms with van der Waals surface area (Å²) in [7, 11) is 0. The van der Waals surface area contributed by atoms with E-state index in [1.165, 1.54) is 18.2 Å². The van der Waals surface area contributed by atoms with E-state index in [4.69, 9.17) is 11.6 Å². The van der Waals surface area contributed by atoms with Crippen LogP contribution in [0.3, 0.4) is 0 Å². The Hall–Kier alpha value is -3.15. The predicted molar refractivity (Wildman–Crippen MR) is 107 cm³/mol. The van der Waals surface area contributed by atoms with Crippen LogP contribution in [0.4, 0.5) is 18.9 Å².